The molecule has 0 fully saturated rings. The standard InChI is InChI=1S/C3H9N2O4P/c4-3(5-6)1-2-9-10(7)8/h6,10H,1-2H2,(H2,4,5)(H,7,8). The highest BCUT2D eigenvalue weighted by Crippen LogP contribution is 2.13. The fraction of sp³-hybridized carbons (Fsp3) is 0.667. The van der Waals surface area contributed by atoms with Crippen molar-refractivity contribution in [2.75, 3.05) is 6.61 Å². The van der Waals surface area contributed by atoms with Gasteiger partial charge in [-0.3, -0.25) is 4.57 Å². The highest BCUT2D eigenvalue weighted by Gasteiger charge is 1.94. The van der Waals surface area contributed by atoms with E-state index in [1.54, 1.807) is 0 Å². The third-order valence-electron chi connectivity index (χ3n) is 0.712. The van der Waals surface area contributed by atoms with Gasteiger partial charge in [-0.05, 0) is 0 Å². The van der Waals surface area contributed by atoms with Gasteiger partial charge < -0.3 is 20.4 Å². The second-order valence-electron chi connectivity index (χ2n) is 1.46. The number of rotatable bonds is 4. The molecule has 6 nitrogen and oxygen atoms in total. The number of oxime groups is 1. The highest BCUT2D eigenvalue weighted by molar-refractivity contribution is 7.32. The lowest BCUT2D eigenvalue weighted by Gasteiger charge is -1.96. The van der Waals surface area contributed by atoms with Crippen molar-refractivity contribution in [3.63, 3.8) is 0 Å². The Morgan fingerprint density at radius 2 is 2.40 bits per heavy atom. The van der Waals surface area contributed by atoms with Crippen LogP contribution < -0.4 is 5.73 Å². The summed E-state index contributed by atoms with van der Waals surface area (Å²) >= 11 is 0. The Kier molecular flexibility index (Phi) is 4.92. The third-order valence-corrected chi connectivity index (χ3v) is 1.16. The van der Waals surface area contributed by atoms with E-state index in [4.69, 9.17) is 15.8 Å². The molecule has 0 aliphatic rings. The first-order chi connectivity index (χ1) is 4.66. The van der Waals surface area contributed by atoms with Gasteiger partial charge in [0.1, 0.15) is 5.84 Å². The van der Waals surface area contributed by atoms with E-state index in [9.17, 15) is 4.57 Å². The van der Waals surface area contributed by atoms with Gasteiger partial charge in [-0.2, -0.15) is 0 Å². The molecular weight excluding hydrogens is 159 g/mol. The van der Waals surface area contributed by atoms with Crippen LogP contribution in [-0.4, -0.2) is 22.5 Å². The second kappa shape index (κ2) is 5.22. The summed E-state index contributed by atoms with van der Waals surface area (Å²) in [5.41, 5.74) is 5.01. The summed E-state index contributed by atoms with van der Waals surface area (Å²) in [6.07, 6.45) is 0.146. The number of hydrogen-bond acceptors (Lipinski definition) is 4. The normalized spacial score (nSPS) is 15.1. The maximum Gasteiger partial charge on any atom is 0.316 e. The highest BCUT2D eigenvalue weighted by atomic mass is 31.1. The minimum Gasteiger partial charge on any atom is -0.409 e. The molecular formula is C3H9N2O4P. The molecule has 0 amide bonds. The molecule has 1 unspecified atom stereocenters. The van der Waals surface area contributed by atoms with Crippen LogP contribution in [0, 0.1) is 0 Å². The molecule has 0 aromatic heterocycles. The molecule has 0 rings (SSSR count). The lowest BCUT2D eigenvalue weighted by Crippen LogP contribution is -2.13. The zero-order valence-electron chi connectivity index (χ0n) is 5.15. The molecule has 10 heavy (non-hydrogen) atoms. The first kappa shape index (κ1) is 9.42. The van der Waals surface area contributed by atoms with Gasteiger partial charge in [0.15, 0.2) is 0 Å². The van der Waals surface area contributed by atoms with Crippen molar-refractivity contribution >= 4 is 14.1 Å². The number of amidine groups is 1. The summed E-state index contributed by atoms with van der Waals surface area (Å²) in [5.74, 6) is -0.0248. The number of hydrogen-bond donors (Lipinski definition) is 3. The van der Waals surface area contributed by atoms with Crippen LogP contribution in [0.25, 0.3) is 0 Å². The van der Waals surface area contributed by atoms with E-state index in [1.807, 2.05) is 0 Å². The SMILES string of the molecule is NC(CCO[PH](=O)O)=NO. The van der Waals surface area contributed by atoms with E-state index in [-0.39, 0.29) is 18.9 Å². The van der Waals surface area contributed by atoms with Crippen molar-refractivity contribution in [1.29, 1.82) is 0 Å². The van der Waals surface area contributed by atoms with Crippen LogP contribution in [0.3, 0.4) is 0 Å². The summed E-state index contributed by atoms with van der Waals surface area (Å²) < 4.78 is 14.1. The Morgan fingerprint density at radius 3 is 2.80 bits per heavy atom. The fourth-order valence-electron chi connectivity index (χ4n) is 0.293. The Morgan fingerprint density at radius 1 is 1.80 bits per heavy atom. The summed E-state index contributed by atoms with van der Waals surface area (Å²) in [6, 6.07) is 0. The Labute approximate surface area is 58.2 Å². The van der Waals surface area contributed by atoms with Crippen LogP contribution in [0.5, 0.6) is 0 Å². The smallest absolute Gasteiger partial charge is 0.316 e. The topological polar surface area (TPSA) is 105 Å². The molecule has 7 heteroatoms. The fourth-order valence-corrected chi connectivity index (χ4v) is 0.570. The van der Waals surface area contributed by atoms with Gasteiger partial charge in [0, 0.05) is 6.42 Å². The van der Waals surface area contributed by atoms with E-state index >= 15 is 0 Å². The molecule has 0 bridgehead atoms. The molecule has 0 radical (unpaired) electrons. The van der Waals surface area contributed by atoms with Gasteiger partial charge in [-0.15, -0.1) is 0 Å². The predicted molar refractivity (Wildman–Crippen MR) is 35.2 cm³/mol. The molecule has 0 aromatic carbocycles. The molecule has 0 heterocycles. The zero-order valence-corrected chi connectivity index (χ0v) is 6.15. The average molecular weight is 168 g/mol. The van der Waals surface area contributed by atoms with Crippen molar-refractivity contribution in [2.24, 2.45) is 10.9 Å². The lowest BCUT2D eigenvalue weighted by molar-refractivity contribution is 0.284. The van der Waals surface area contributed by atoms with Crippen molar-refractivity contribution in [3.05, 3.63) is 0 Å². The van der Waals surface area contributed by atoms with E-state index in [1.165, 1.54) is 0 Å². The van der Waals surface area contributed by atoms with Crippen LogP contribution in [-0.2, 0) is 9.09 Å². The van der Waals surface area contributed by atoms with Gasteiger partial charge in [0.25, 0.3) is 0 Å². The van der Waals surface area contributed by atoms with Gasteiger partial charge >= 0.3 is 8.25 Å². The van der Waals surface area contributed by atoms with Gasteiger partial charge in [-0.25, -0.2) is 0 Å². The second-order valence-corrected chi connectivity index (χ2v) is 2.28. The Balaban J connectivity index is 3.29. The average Bonchev–Trinajstić information content (AvgIpc) is 1.87. The molecule has 0 saturated carbocycles. The molecule has 0 aromatic rings. The quantitative estimate of drug-likeness (QED) is 0.173. The Bertz CT molecular complexity index is 147. The van der Waals surface area contributed by atoms with E-state index in [0.717, 1.165) is 0 Å². The van der Waals surface area contributed by atoms with E-state index in [2.05, 4.69) is 9.68 Å². The van der Waals surface area contributed by atoms with Crippen LogP contribution >= 0.6 is 8.25 Å². The molecule has 1 atom stereocenters. The molecule has 4 N–H and O–H groups in total. The Hall–Kier alpha value is -0.580. The van der Waals surface area contributed by atoms with E-state index in [0.29, 0.717) is 0 Å². The molecule has 0 aliphatic heterocycles. The monoisotopic (exact) mass is 168 g/mol. The van der Waals surface area contributed by atoms with Crippen LogP contribution in [0.4, 0.5) is 0 Å². The third kappa shape index (κ3) is 5.55. The van der Waals surface area contributed by atoms with E-state index < -0.39 is 8.25 Å². The molecule has 0 spiro atoms. The summed E-state index contributed by atoms with van der Waals surface area (Å²) in [7, 11) is -2.88. The minimum absolute atomic E-state index is 0.00973. The summed E-state index contributed by atoms with van der Waals surface area (Å²) in [6.45, 7) is -0.00973. The maximum absolute atomic E-state index is 9.89. The minimum atomic E-state index is -2.88. The van der Waals surface area contributed by atoms with Gasteiger partial charge in [0.2, 0.25) is 0 Å². The van der Waals surface area contributed by atoms with Crippen LogP contribution in [0.15, 0.2) is 5.16 Å². The van der Waals surface area contributed by atoms with Gasteiger partial charge in [-0.1, -0.05) is 5.16 Å². The maximum atomic E-state index is 9.89. The predicted octanol–water partition coefficient (Wildman–Crippen LogP) is -0.479. The van der Waals surface area contributed by atoms with Crippen molar-refractivity contribution in [3.8, 4) is 0 Å². The molecule has 60 valence electrons. The lowest BCUT2D eigenvalue weighted by atomic mass is 10.4. The van der Waals surface area contributed by atoms with Crippen molar-refractivity contribution < 1.29 is 19.2 Å². The summed E-state index contributed by atoms with van der Waals surface area (Å²) in [5, 5.41) is 10.6. The van der Waals surface area contributed by atoms with Gasteiger partial charge in [0.05, 0.1) is 6.61 Å². The molecule has 0 saturated heterocycles. The van der Waals surface area contributed by atoms with Crippen LogP contribution in [0.1, 0.15) is 6.42 Å². The number of nitrogens with zero attached hydrogens (tertiary/aromatic N) is 1. The number of nitrogens with two attached hydrogens (primary N) is 1. The first-order valence-electron chi connectivity index (χ1n) is 2.49. The first-order valence-corrected chi connectivity index (χ1v) is 3.75. The largest absolute Gasteiger partial charge is 0.409 e. The summed E-state index contributed by atoms with van der Waals surface area (Å²) in [4.78, 5) is 8.12. The van der Waals surface area contributed by atoms with Crippen LogP contribution in [0.2, 0.25) is 0 Å². The molecule has 0 aliphatic carbocycles. The van der Waals surface area contributed by atoms with Crippen molar-refractivity contribution in [1.82, 2.24) is 0 Å². The van der Waals surface area contributed by atoms with Crippen molar-refractivity contribution in [2.45, 2.75) is 6.42 Å². The zero-order chi connectivity index (χ0) is 7.98.